The Kier molecular flexibility index (Phi) is 6.88. The summed E-state index contributed by atoms with van der Waals surface area (Å²) >= 11 is 1.72. The fourth-order valence-corrected chi connectivity index (χ4v) is 1.62. The van der Waals surface area contributed by atoms with Gasteiger partial charge in [0.25, 0.3) is 0 Å². The van der Waals surface area contributed by atoms with Gasteiger partial charge in [-0.2, -0.15) is 11.8 Å². The summed E-state index contributed by atoms with van der Waals surface area (Å²) in [7, 11) is 0. The highest BCUT2D eigenvalue weighted by atomic mass is 32.2. The van der Waals surface area contributed by atoms with E-state index in [1.807, 2.05) is 13.2 Å². The first kappa shape index (κ1) is 15.0. The highest BCUT2D eigenvalue weighted by molar-refractivity contribution is 7.98. The van der Waals surface area contributed by atoms with Crippen LogP contribution in [-0.4, -0.2) is 35.0 Å². The number of hydrogen-bond acceptors (Lipinski definition) is 3. The Bertz CT molecular complexity index is 300. The van der Waals surface area contributed by atoms with Gasteiger partial charge in [0.15, 0.2) is 0 Å². The van der Waals surface area contributed by atoms with Gasteiger partial charge >= 0.3 is 5.97 Å². The van der Waals surface area contributed by atoms with Crippen molar-refractivity contribution in [2.75, 3.05) is 12.0 Å². The first-order valence-corrected chi connectivity index (χ1v) is 6.50. The SMILES string of the molecule is CSCCC(C)NC(=O)C(C)=C(C)C(=O)O. The second-order valence-electron chi connectivity index (χ2n) is 3.71. The third kappa shape index (κ3) is 5.21. The lowest BCUT2D eigenvalue weighted by atomic mass is 10.1. The molecule has 0 heterocycles. The van der Waals surface area contributed by atoms with Crippen LogP contribution in [0, 0.1) is 0 Å². The van der Waals surface area contributed by atoms with Crippen molar-refractivity contribution < 1.29 is 14.7 Å². The molecule has 0 aromatic carbocycles. The molecule has 0 aromatic heterocycles. The van der Waals surface area contributed by atoms with E-state index in [1.165, 1.54) is 13.8 Å². The standard InChI is InChI=1S/C11H19NO3S/c1-7(5-6-16-4)12-10(13)8(2)9(3)11(14)15/h7H,5-6H2,1-4H3,(H,12,13)(H,14,15). The molecule has 2 N–H and O–H groups in total. The number of carbonyl (C=O) groups is 2. The highest BCUT2D eigenvalue weighted by Crippen LogP contribution is 2.05. The molecule has 0 aliphatic rings. The van der Waals surface area contributed by atoms with E-state index in [0.29, 0.717) is 0 Å². The Hall–Kier alpha value is -0.970. The van der Waals surface area contributed by atoms with Crippen molar-refractivity contribution in [3.05, 3.63) is 11.1 Å². The quantitative estimate of drug-likeness (QED) is 0.698. The molecule has 0 aromatic rings. The van der Waals surface area contributed by atoms with E-state index in [9.17, 15) is 9.59 Å². The van der Waals surface area contributed by atoms with Gasteiger partial charge < -0.3 is 10.4 Å². The van der Waals surface area contributed by atoms with Crippen LogP contribution < -0.4 is 5.32 Å². The molecule has 0 rings (SSSR count). The van der Waals surface area contributed by atoms with Crippen molar-refractivity contribution in [3.8, 4) is 0 Å². The smallest absolute Gasteiger partial charge is 0.331 e. The van der Waals surface area contributed by atoms with Crippen LogP contribution in [0.15, 0.2) is 11.1 Å². The first-order valence-electron chi connectivity index (χ1n) is 5.10. The zero-order valence-corrected chi connectivity index (χ0v) is 11.0. The maximum absolute atomic E-state index is 11.6. The minimum absolute atomic E-state index is 0.0662. The molecule has 4 nitrogen and oxygen atoms in total. The van der Waals surface area contributed by atoms with Gasteiger partial charge in [0.2, 0.25) is 5.91 Å². The van der Waals surface area contributed by atoms with E-state index in [0.717, 1.165) is 12.2 Å². The Morgan fingerprint density at radius 3 is 2.31 bits per heavy atom. The normalized spacial score (nSPS) is 14.0. The van der Waals surface area contributed by atoms with Gasteiger partial charge in [0, 0.05) is 17.2 Å². The molecule has 0 bridgehead atoms. The third-order valence-corrected chi connectivity index (χ3v) is 3.00. The average Bonchev–Trinajstić information content (AvgIpc) is 2.23. The molecule has 92 valence electrons. The summed E-state index contributed by atoms with van der Waals surface area (Å²) in [5, 5.41) is 11.5. The Morgan fingerprint density at radius 1 is 1.31 bits per heavy atom. The molecule has 0 aliphatic heterocycles. The minimum Gasteiger partial charge on any atom is -0.478 e. The highest BCUT2D eigenvalue weighted by Gasteiger charge is 2.14. The number of amides is 1. The second kappa shape index (κ2) is 7.33. The topological polar surface area (TPSA) is 66.4 Å². The summed E-state index contributed by atoms with van der Waals surface area (Å²) < 4.78 is 0. The van der Waals surface area contributed by atoms with Crippen molar-refractivity contribution in [1.82, 2.24) is 5.32 Å². The van der Waals surface area contributed by atoms with E-state index < -0.39 is 5.97 Å². The second-order valence-corrected chi connectivity index (χ2v) is 4.70. The molecule has 16 heavy (non-hydrogen) atoms. The van der Waals surface area contributed by atoms with Crippen LogP contribution in [0.5, 0.6) is 0 Å². The van der Waals surface area contributed by atoms with Gasteiger partial charge in [0.05, 0.1) is 0 Å². The number of thioether (sulfide) groups is 1. The first-order chi connectivity index (χ1) is 7.40. The lowest BCUT2D eigenvalue weighted by Gasteiger charge is -2.13. The molecule has 0 aliphatic carbocycles. The number of aliphatic carboxylic acids is 1. The van der Waals surface area contributed by atoms with Gasteiger partial charge in [-0.05, 0) is 39.2 Å². The molecule has 1 amide bonds. The van der Waals surface area contributed by atoms with Crippen LogP contribution >= 0.6 is 11.8 Å². The Labute approximate surface area is 100 Å². The zero-order chi connectivity index (χ0) is 12.7. The van der Waals surface area contributed by atoms with Crippen LogP contribution in [0.3, 0.4) is 0 Å². The number of carboxylic acids is 1. The van der Waals surface area contributed by atoms with E-state index in [-0.39, 0.29) is 23.1 Å². The van der Waals surface area contributed by atoms with Gasteiger partial charge in [0.1, 0.15) is 0 Å². The summed E-state index contributed by atoms with van der Waals surface area (Å²) in [6.45, 7) is 4.88. The van der Waals surface area contributed by atoms with Gasteiger partial charge in [-0.3, -0.25) is 4.79 Å². The van der Waals surface area contributed by atoms with Crippen molar-refractivity contribution in [3.63, 3.8) is 0 Å². The molecule has 0 saturated carbocycles. The summed E-state index contributed by atoms with van der Waals surface area (Å²) in [4.78, 5) is 22.3. The lowest BCUT2D eigenvalue weighted by Crippen LogP contribution is -2.34. The molecule has 0 radical (unpaired) electrons. The molecular weight excluding hydrogens is 226 g/mol. The zero-order valence-electron chi connectivity index (χ0n) is 10.2. The lowest BCUT2D eigenvalue weighted by molar-refractivity contribution is -0.133. The predicted octanol–water partition coefficient (Wildman–Crippen LogP) is 1.67. The van der Waals surface area contributed by atoms with Gasteiger partial charge in [-0.15, -0.1) is 0 Å². The molecular formula is C11H19NO3S. The van der Waals surface area contributed by atoms with Crippen LogP contribution in [0.25, 0.3) is 0 Å². The summed E-state index contributed by atoms with van der Waals surface area (Å²) in [6.07, 6.45) is 2.89. The van der Waals surface area contributed by atoms with Crippen LogP contribution in [0.1, 0.15) is 27.2 Å². The fraction of sp³-hybridized carbons (Fsp3) is 0.636. The van der Waals surface area contributed by atoms with Crippen LogP contribution in [-0.2, 0) is 9.59 Å². The van der Waals surface area contributed by atoms with Crippen molar-refractivity contribution in [2.24, 2.45) is 0 Å². The molecule has 0 spiro atoms. The number of nitrogens with one attached hydrogen (secondary N) is 1. The van der Waals surface area contributed by atoms with E-state index in [1.54, 1.807) is 11.8 Å². The maximum Gasteiger partial charge on any atom is 0.331 e. The minimum atomic E-state index is -1.05. The molecule has 1 atom stereocenters. The summed E-state index contributed by atoms with van der Waals surface area (Å²) in [5.74, 6) is -0.375. The van der Waals surface area contributed by atoms with Gasteiger partial charge in [-0.1, -0.05) is 0 Å². The molecule has 0 saturated heterocycles. The van der Waals surface area contributed by atoms with E-state index in [4.69, 9.17) is 5.11 Å². The average molecular weight is 245 g/mol. The van der Waals surface area contributed by atoms with Crippen molar-refractivity contribution in [1.29, 1.82) is 0 Å². The number of rotatable bonds is 6. The van der Waals surface area contributed by atoms with Crippen molar-refractivity contribution in [2.45, 2.75) is 33.2 Å². The number of hydrogen-bond donors (Lipinski definition) is 2. The Balaban J connectivity index is 4.36. The monoisotopic (exact) mass is 245 g/mol. The van der Waals surface area contributed by atoms with Crippen molar-refractivity contribution >= 4 is 23.6 Å². The Morgan fingerprint density at radius 2 is 1.88 bits per heavy atom. The maximum atomic E-state index is 11.6. The van der Waals surface area contributed by atoms with E-state index in [2.05, 4.69) is 5.32 Å². The largest absolute Gasteiger partial charge is 0.478 e. The van der Waals surface area contributed by atoms with Crippen LogP contribution in [0.2, 0.25) is 0 Å². The fourth-order valence-electron chi connectivity index (χ4n) is 1.03. The molecule has 0 fully saturated rings. The molecule has 5 heteroatoms. The predicted molar refractivity (Wildman–Crippen MR) is 66.6 cm³/mol. The van der Waals surface area contributed by atoms with E-state index >= 15 is 0 Å². The molecule has 1 unspecified atom stereocenters. The number of carboxylic acid groups (broad SMARTS) is 1. The summed E-state index contributed by atoms with van der Waals surface area (Å²) in [6, 6.07) is 0.0662. The summed E-state index contributed by atoms with van der Waals surface area (Å²) in [5.41, 5.74) is 0.359. The van der Waals surface area contributed by atoms with Crippen LogP contribution in [0.4, 0.5) is 0 Å². The van der Waals surface area contributed by atoms with Gasteiger partial charge in [-0.25, -0.2) is 4.79 Å². The number of carbonyl (C=O) groups excluding carboxylic acids is 1. The third-order valence-electron chi connectivity index (χ3n) is 2.36.